The first-order chi connectivity index (χ1) is 16.0. The molecule has 170 valence electrons. The Morgan fingerprint density at radius 1 is 1.12 bits per heavy atom. The Morgan fingerprint density at radius 3 is 2.70 bits per heavy atom. The number of carbonyl (C=O) groups excluding carboxylic acids is 2. The third-order valence-corrected chi connectivity index (χ3v) is 6.08. The summed E-state index contributed by atoms with van der Waals surface area (Å²) in [5.41, 5.74) is 2.28. The zero-order chi connectivity index (χ0) is 23.4. The van der Waals surface area contributed by atoms with Crippen molar-refractivity contribution in [1.29, 1.82) is 0 Å². The van der Waals surface area contributed by atoms with E-state index in [1.165, 1.54) is 22.7 Å². The Hall–Kier alpha value is -3.77. The molecule has 4 rings (SSSR count). The second-order valence-electron chi connectivity index (χ2n) is 6.67. The fraction of sp³-hybridized carbons (Fsp3) is 0.190. The van der Waals surface area contributed by atoms with Gasteiger partial charge in [0.15, 0.2) is 17.4 Å². The molecule has 0 aliphatic rings. The summed E-state index contributed by atoms with van der Waals surface area (Å²) >= 11 is 2.53. The Balaban J connectivity index is 1.35. The van der Waals surface area contributed by atoms with Crippen LogP contribution in [0.2, 0.25) is 0 Å². The molecule has 1 aromatic carbocycles. The number of benzene rings is 1. The van der Waals surface area contributed by atoms with Gasteiger partial charge in [-0.1, -0.05) is 0 Å². The van der Waals surface area contributed by atoms with Crippen molar-refractivity contribution in [1.82, 2.24) is 19.7 Å². The van der Waals surface area contributed by atoms with E-state index in [0.29, 0.717) is 27.3 Å². The molecule has 1 amide bonds. The van der Waals surface area contributed by atoms with Crippen LogP contribution in [-0.4, -0.2) is 52.5 Å². The number of hydrogen-bond donors (Lipinski definition) is 1. The van der Waals surface area contributed by atoms with E-state index in [2.05, 4.69) is 20.4 Å². The highest BCUT2D eigenvalue weighted by atomic mass is 32.1. The maximum Gasteiger partial charge on any atom is 0.358 e. The average Bonchev–Trinajstić information content (AvgIpc) is 3.58. The van der Waals surface area contributed by atoms with E-state index in [-0.39, 0.29) is 5.69 Å². The van der Waals surface area contributed by atoms with E-state index in [4.69, 9.17) is 14.2 Å². The molecule has 0 aliphatic carbocycles. The number of aromatic nitrogens is 4. The molecule has 3 aromatic heterocycles. The van der Waals surface area contributed by atoms with Crippen LogP contribution < -0.4 is 14.8 Å². The number of aryl methyl sites for hydroxylation is 1. The Morgan fingerprint density at radius 2 is 1.97 bits per heavy atom. The molecular weight excluding hydrogens is 466 g/mol. The van der Waals surface area contributed by atoms with Gasteiger partial charge in [0.1, 0.15) is 16.5 Å². The van der Waals surface area contributed by atoms with Gasteiger partial charge in [-0.25, -0.2) is 14.8 Å². The smallest absolute Gasteiger partial charge is 0.358 e. The number of anilines is 1. The van der Waals surface area contributed by atoms with Gasteiger partial charge in [0.2, 0.25) is 0 Å². The van der Waals surface area contributed by atoms with Crippen LogP contribution in [0.1, 0.15) is 10.5 Å². The minimum absolute atomic E-state index is 0.133. The summed E-state index contributed by atoms with van der Waals surface area (Å²) < 4.78 is 17.4. The fourth-order valence-corrected chi connectivity index (χ4v) is 4.35. The van der Waals surface area contributed by atoms with Crippen molar-refractivity contribution in [3.05, 3.63) is 47.0 Å². The van der Waals surface area contributed by atoms with Crippen LogP contribution in [0.15, 0.2) is 41.4 Å². The van der Waals surface area contributed by atoms with Crippen LogP contribution in [-0.2, 0) is 16.6 Å². The van der Waals surface area contributed by atoms with Crippen LogP contribution in [0.5, 0.6) is 11.5 Å². The molecule has 0 atom stereocenters. The van der Waals surface area contributed by atoms with Gasteiger partial charge in [-0.05, 0) is 18.2 Å². The highest BCUT2D eigenvalue weighted by Crippen LogP contribution is 2.35. The van der Waals surface area contributed by atoms with Gasteiger partial charge >= 0.3 is 5.97 Å². The summed E-state index contributed by atoms with van der Waals surface area (Å²) in [6, 6.07) is 5.37. The standard InChI is InChI=1S/C21H19N5O5S2/c1-26-8-12(7-22-26)19-23-16(11-32-19)20(28)31-9-18(27)25-21-24-15(10-33-21)14-6-13(29-2)4-5-17(14)30-3/h4-8,10-11H,9H2,1-3H3,(H,24,25,27). The summed E-state index contributed by atoms with van der Waals surface area (Å²) in [5.74, 6) is 0.0916. The molecule has 33 heavy (non-hydrogen) atoms. The summed E-state index contributed by atoms with van der Waals surface area (Å²) in [4.78, 5) is 33.2. The van der Waals surface area contributed by atoms with Crippen molar-refractivity contribution in [2.45, 2.75) is 0 Å². The van der Waals surface area contributed by atoms with Gasteiger partial charge in [0.25, 0.3) is 5.91 Å². The topological polar surface area (TPSA) is 117 Å². The van der Waals surface area contributed by atoms with Crippen molar-refractivity contribution in [2.24, 2.45) is 7.05 Å². The van der Waals surface area contributed by atoms with Crippen molar-refractivity contribution < 1.29 is 23.8 Å². The number of nitrogens with zero attached hydrogens (tertiary/aromatic N) is 4. The molecule has 0 saturated carbocycles. The molecule has 0 spiro atoms. The van der Waals surface area contributed by atoms with Gasteiger partial charge in [-0.3, -0.25) is 14.8 Å². The van der Waals surface area contributed by atoms with Crippen molar-refractivity contribution in [3.63, 3.8) is 0 Å². The zero-order valence-electron chi connectivity index (χ0n) is 17.9. The number of ether oxygens (including phenoxy) is 3. The minimum atomic E-state index is -0.683. The number of hydrogen-bond acceptors (Lipinski definition) is 10. The molecule has 0 unspecified atom stereocenters. The Kier molecular flexibility index (Phi) is 6.66. The molecule has 0 fully saturated rings. The van der Waals surface area contributed by atoms with Crippen molar-refractivity contribution in [2.75, 3.05) is 26.1 Å². The zero-order valence-corrected chi connectivity index (χ0v) is 19.5. The van der Waals surface area contributed by atoms with Gasteiger partial charge < -0.3 is 14.2 Å². The summed E-state index contributed by atoms with van der Waals surface area (Å²) in [7, 11) is 4.94. The lowest BCUT2D eigenvalue weighted by molar-refractivity contribution is -0.119. The minimum Gasteiger partial charge on any atom is -0.497 e. The number of nitrogens with one attached hydrogen (secondary N) is 1. The highest BCUT2D eigenvalue weighted by molar-refractivity contribution is 7.14. The summed E-state index contributed by atoms with van der Waals surface area (Å²) in [5, 5.41) is 11.1. The van der Waals surface area contributed by atoms with Crippen molar-refractivity contribution >= 4 is 39.7 Å². The number of rotatable bonds is 8. The van der Waals surface area contributed by atoms with Crippen LogP contribution in [0.3, 0.4) is 0 Å². The van der Waals surface area contributed by atoms with E-state index in [1.54, 1.807) is 67.3 Å². The molecule has 3 heterocycles. The monoisotopic (exact) mass is 485 g/mol. The lowest BCUT2D eigenvalue weighted by Gasteiger charge is -2.08. The van der Waals surface area contributed by atoms with Gasteiger partial charge in [-0.2, -0.15) is 5.10 Å². The molecule has 12 heteroatoms. The SMILES string of the molecule is COc1ccc(OC)c(-c2csc(NC(=O)COC(=O)c3csc(-c4cnn(C)c4)n3)n2)c1. The summed E-state index contributed by atoms with van der Waals surface area (Å²) in [6.45, 7) is -0.462. The average molecular weight is 486 g/mol. The molecule has 1 N–H and O–H groups in total. The number of methoxy groups -OCH3 is 2. The van der Waals surface area contributed by atoms with Gasteiger partial charge in [0.05, 0.1) is 26.1 Å². The number of amides is 1. The quantitative estimate of drug-likeness (QED) is 0.377. The van der Waals surface area contributed by atoms with Crippen LogP contribution >= 0.6 is 22.7 Å². The third kappa shape index (κ3) is 5.18. The largest absolute Gasteiger partial charge is 0.497 e. The maximum absolute atomic E-state index is 12.3. The number of thiazole rings is 2. The lowest BCUT2D eigenvalue weighted by atomic mass is 10.1. The first-order valence-corrected chi connectivity index (χ1v) is 11.3. The summed E-state index contributed by atoms with van der Waals surface area (Å²) in [6.07, 6.45) is 3.45. The van der Waals surface area contributed by atoms with E-state index >= 15 is 0 Å². The Bertz CT molecular complexity index is 1300. The van der Waals surface area contributed by atoms with E-state index < -0.39 is 18.5 Å². The van der Waals surface area contributed by atoms with Gasteiger partial charge in [0, 0.05) is 35.1 Å². The molecular formula is C21H19N5O5S2. The normalized spacial score (nSPS) is 10.6. The van der Waals surface area contributed by atoms with E-state index in [0.717, 1.165) is 11.1 Å². The predicted octanol–water partition coefficient (Wildman–Crippen LogP) is 3.48. The molecule has 0 saturated heterocycles. The number of carbonyl (C=O) groups is 2. The van der Waals surface area contributed by atoms with Crippen LogP contribution in [0.25, 0.3) is 21.8 Å². The van der Waals surface area contributed by atoms with Crippen LogP contribution in [0, 0.1) is 0 Å². The highest BCUT2D eigenvalue weighted by Gasteiger charge is 2.17. The second-order valence-corrected chi connectivity index (χ2v) is 8.39. The maximum atomic E-state index is 12.3. The fourth-order valence-electron chi connectivity index (χ4n) is 2.86. The van der Waals surface area contributed by atoms with E-state index in [1.807, 2.05) is 0 Å². The first kappa shape index (κ1) is 22.4. The molecule has 0 aliphatic heterocycles. The molecule has 4 aromatic rings. The molecule has 10 nitrogen and oxygen atoms in total. The van der Waals surface area contributed by atoms with Crippen molar-refractivity contribution in [3.8, 4) is 33.3 Å². The van der Waals surface area contributed by atoms with Gasteiger partial charge in [-0.15, -0.1) is 22.7 Å². The Labute approximate surface area is 196 Å². The van der Waals surface area contributed by atoms with Crippen LogP contribution in [0.4, 0.5) is 5.13 Å². The van der Waals surface area contributed by atoms with E-state index in [9.17, 15) is 9.59 Å². The predicted molar refractivity (Wildman–Crippen MR) is 124 cm³/mol. The number of esters is 1. The molecule has 0 bridgehead atoms. The third-order valence-electron chi connectivity index (χ3n) is 4.43. The second kappa shape index (κ2) is 9.79. The lowest BCUT2D eigenvalue weighted by Crippen LogP contribution is -2.21. The molecule has 0 radical (unpaired) electrons. The first-order valence-electron chi connectivity index (χ1n) is 9.56.